The molecule has 0 aromatic heterocycles. The summed E-state index contributed by atoms with van der Waals surface area (Å²) in [4.78, 5) is 38.6. The minimum Gasteiger partial charge on any atom is -0.468 e. The molecule has 0 fully saturated rings. The zero-order valence-electron chi connectivity index (χ0n) is 16.9. The van der Waals surface area contributed by atoms with Crippen LogP contribution in [0.15, 0.2) is 46.8 Å². The van der Waals surface area contributed by atoms with Gasteiger partial charge in [-0.2, -0.15) is 0 Å². The van der Waals surface area contributed by atoms with E-state index in [-0.39, 0.29) is 18.3 Å². The SMILES string of the molecule is CCOC(=O)C1=C(C)NC2=C(C(=O)[C@H](C(=O)OC)[C@H](C)C2)[C@H]1c1ccc(Cl)cc1. The summed E-state index contributed by atoms with van der Waals surface area (Å²) in [5.74, 6) is -3.15. The number of ether oxygens (including phenoxy) is 2. The molecule has 3 rings (SSSR count). The quantitative estimate of drug-likeness (QED) is 0.596. The van der Waals surface area contributed by atoms with E-state index >= 15 is 0 Å². The highest BCUT2D eigenvalue weighted by Crippen LogP contribution is 2.45. The second kappa shape index (κ2) is 8.41. The number of Topliss-reactive ketones (excluding diaryl/α,β-unsaturated/α-hetero) is 1. The van der Waals surface area contributed by atoms with E-state index < -0.39 is 23.8 Å². The Hall–Kier alpha value is -2.60. The van der Waals surface area contributed by atoms with Crippen molar-refractivity contribution in [2.24, 2.45) is 11.8 Å². The van der Waals surface area contributed by atoms with E-state index in [9.17, 15) is 14.4 Å². The van der Waals surface area contributed by atoms with Crippen molar-refractivity contribution in [2.45, 2.75) is 33.1 Å². The first-order valence-corrected chi connectivity index (χ1v) is 9.93. The number of allylic oxidation sites excluding steroid dienone is 3. The van der Waals surface area contributed by atoms with Gasteiger partial charge >= 0.3 is 11.9 Å². The third-order valence-electron chi connectivity index (χ3n) is 5.44. The van der Waals surface area contributed by atoms with Gasteiger partial charge in [0, 0.05) is 27.9 Å². The lowest BCUT2D eigenvalue weighted by atomic mass is 9.69. The number of hydrogen-bond donors (Lipinski definition) is 1. The van der Waals surface area contributed by atoms with E-state index in [1.165, 1.54) is 7.11 Å². The predicted octanol–water partition coefficient (Wildman–Crippen LogP) is 3.52. The summed E-state index contributed by atoms with van der Waals surface area (Å²) >= 11 is 6.04. The van der Waals surface area contributed by atoms with Gasteiger partial charge in [-0.15, -0.1) is 0 Å². The van der Waals surface area contributed by atoms with Gasteiger partial charge in [-0.05, 0) is 43.9 Å². The van der Waals surface area contributed by atoms with Crippen LogP contribution in [0.5, 0.6) is 0 Å². The summed E-state index contributed by atoms with van der Waals surface area (Å²) in [5.41, 5.74) is 2.87. The van der Waals surface area contributed by atoms with Gasteiger partial charge in [-0.3, -0.25) is 9.59 Å². The molecular weight excluding hydrogens is 394 g/mol. The third kappa shape index (κ3) is 3.81. The van der Waals surface area contributed by atoms with Crippen LogP contribution in [0.25, 0.3) is 0 Å². The Balaban J connectivity index is 2.18. The minimum absolute atomic E-state index is 0.213. The monoisotopic (exact) mass is 417 g/mol. The van der Waals surface area contributed by atoms with Gasteiger partial charge in [-0.25, -0.2) is 4.79 Å². The van der Waals surface area contributed by atoms with Crippen LogP contribution in [0, 0.1) is 11.8 Å². The van der Waals surface area contributed by atoms with Crippen LogP contribution in [0.4, 0.5) is 0 Å². The highest BCUT2D eigenvalue weighted by molar-refractivity contribution is 6.30. The second-order valence-electron chi connectivity index (χ2n) is 7.31. The largest absolute Gasteiger partial charge is 0.468 e. The maximum atomic E-state index is 13.5. The fourth-order valence-corrected chi connectivity index (χ4v) is 4.27. The van der Waals surface area contributed by atoms with E-state index in [1.54, 1.807) is 38.1 Å². The van der Waals surface area contributed by atoms with E-state index in [4.69, 9.17) is 21.1 Å². The zero-order chi connectivity index (χ0) is 21.3. The molecule has 154 valence electrons. The molecule has 1 aliphatic carbocycles. The average Bonchev–Trinajstić information content (AvgIpc) is 2.67. The first-order chi connectivity index (χ1) is 13.8. The molecule has 0 bridgehead atoms. The lowest BCUT2D eigenvalue weighted by Crippen LogP contribution is -2.43. The summed E-state index contributed by atoms with van der Waals surface area (Å²) in [6.45, 7) is 5.58. The molecule has 0 saturated heterocycles. The Kier molecular flexibility index (Phi) is 6.13. The third-order valence-corrected chi connectivity index (χ3v) is 5.69. The molecule has 1 aliphatic heterocycles. The molecule has 1 aromatic rings. The van der Waals surface area contributed by atoms with E-state index in [0.29, 0.717) is 28.3 Å². The Labute approximate surface area is 174 Å². The summed E-state index contributed by atoms with van der Waals surface area (Å²) in [7, 11) is 1.27. The van der Waals surface area contributed by atoms with Gasteiger partial charge in [0.05, 0.1) is 19.3 Å². The van der Waals surface area contributed by atoms with Crippen LogP contribution in [-0.4, -0.2) is 31.4 Å². The summed E-state index contributed by atoms with van der Waals surface area (Å²) < 4.78 is 10.1. The zero-order valence-corrected chi connectivity index (χ0v) is 17.6. The maximum absolute atomic E-state index is 13.5. The fourth-order valence-electron chi connectivity index (χ4n) is 4.15. The molecule has 1 aromatic carbocycles. The van der Waals surface area contributed by atoms with Gasteiger partial charge in [0.25, 0.3) is 0 Å². The van der Waals surface area contributed by atoms with Gasteiger partial charge in [0.1, 0.15) is 5.92 Å². The highest BCUT2D eigenvalue weighted by atomic mass is 35.5. The fraction of sp³-hybridized carbons (Fsp3) is 0.409. The highest BCUT2D eigenvalue weighted by Gasteiger charge is 2.47. The number of nitrogens with one attached hydrogen (secondary N) is 1. The molecule has 1 heterocycles. The maximum Gasteiger partial charge on any atom is 0.336 e. The lowest BCUT2D eigenvalue weighted by Gasteiger charge is -2.38. The number of hydrogen-bond acceptors (Lipinski definition) is 6. The summed E-state index contributed by atoms with van der Waals surface area (Å²) in [6.07, 6.45) is 0.498. The van der Waals surface area contributed by atoms with Crippen LogP contribution < -0.4 is 5.32 Å². The molecule has 1 N–H and O–H groups in total. The Morgan fingerprint density at radius 3 is 2.48 bits per heavy atom. The number of halogens is 1. The number of rotatable bonds is 4. The molecule has 0 radical (unpaired) electrons. The van der Waals surface area contributed by atoms with Crippen LogP contribution in [0.3, 0.4) is 0 Å². The van der Waals surface area contributed by atoms with Gasteiger partial charge < -0.3 is 14.8 Å². The minimum atomic E-state index is -0.905. The molecule has 29 heavy (non-hydrogen) atoms. The van der Waals surface area contributed by atoms with Crippen molar-refractivity contribution in [3.8, 4) is 0 Å². The number of carbonyl (C=O) groups is 3. The first kappa shape index (κ1) is 21.1. The van der Waals surface area contributed by atoms with Gasteiger partial charge in [-0.1, -0.05) is 30.7 Å². The van der Waals surface area contributed by atoms with Crippen LogP contribution in [0.1, 0.15) is 38.7 Å². The lowest BCUT2D eigenvalue weighted by molar-refractivity contribution is -0.151. The number of benzene rings is 1. The molecule has 0 unspecified atom stereocenters. The number of dihydropyridines is 1. The topological polar surface area (TPSA) is 81.7 Å². The molecule has 0 spiro atoms. The van der Waals surface area contributed by atoms with Gasteiger partial charge in [0.15, 0.2) is 5.78 Å². The normalized spacial score (nSPS) is 24.0. The molecule has 3 atom stereocenters. The van der Waals surface area contributed by atoms with E-state index in [2.05, 4.69) is 5.32 Å². The first-order valence-electron chi connectivity index (χ1n) is 9.55. The number of esters is 2. The number of methoxy groups -OCH3 is 1. The van der Waals surface area contributed by atoms with Crippen LogP contribution in [0.2, 0.25) is 5.02 Å². The Bertz CT molecular complexity index is 916. The summed E-state index contributed by atoms with van der Waals surface area (Å²) in [6, 6.07) is 7.00. The van der Waals surface area contributed by atoms with Crippen molar-refractivity contribution in [1.82, 2.24) is 5.32 Å². The molecular formula is C22H24ClNO5. The Morgan fingerprint density at radius 1 is 1.24 bits per heavy atom. The Morgan fingerprint density at radius 2 is 1.90 bits per heavy atom. The van der Waals surface area contributed by atoms with Crippen LogP contribution >= 0.6 is 11.6 Å². The molecule has 0 saturated carbocycles. The standard InChI is InChI=1S/C22H24ClNO5/c1-5-29-22(27)17-12(3)24-15-10-11(2)16(21(26)28-4)20(25)19(15)18(17)13-6-8-14(23)9-7-13/h6-9,11,16,18,24H,5,10H2,1-4H3/t11-,16-,18+/m1/s1. The van der Waals surface area contributed by atoms with E-state index in [1.807, 2.05) is 6.92 Å². The molecule has 7 heteroatoms. The molecule has 6 nitrogen and oxygen atoms in total. The molecule has 0 amide bonds. The number of carbonyl (C=O) groups excluding carboxylic acids is 3. The van der Waals surface area contributed by atoms with Crippen molar-refractivity contribution in [3.05, 3.63) is 57.4 Å². The predicted molar refractivity (Wildman–Crippen MR) is 108 cm³/mol. The number of ketones is 1. The average molecular weight is 418 g/mol. The van der Waals surface area contributed by atoms with Crippen molar-refractivity contribution in [2.75, 3.05) is 13.7 Å². The van der Waals surface area contributed by atoms with E-state index in [0.717, 1.165) is 11.3 Å². The van der Waals surface area contributed by atoms with Crippen molar-refractivity contribution in [3.63, 3.8) is 0 Å². The van der Waals surface area contributed by atoms with Crippen molar-refractivity contribution < 1.29 is 23.9 Å². The van der Waals surface area contributed by atoms with Crippen molar-refractivity contribution in [1.29, 1.82) is 0 Å². The second-order valence-corrected chi connectivity index (χ2v) is 7.74. The van der Waals surface area contributed by atoms with Gasteiger partial charge in [0.2, 0.25) is 0 Å². The smallest absolute Gasteiger partial charge is 0.336 e. The molecule has 2 aliphatic rings. The summed E-state index contributed by atoms with van der Waals surface area (Å²) in [5, 5.41) is 3.76. The van der Waals surface area contributed by atoms with Crippen molar-refractivity contribution >= 4 is 29.3 Å². The van der Waals surface area contributed by atoms with Crippen LogP contribution in [-0.2, 0) is 23.9 Å².